The van der Waals surface area contributed by atoms with Crippen LogP contribution >= 0.6 is 15.9 Å². The van der Waals surface area contributed by atoms with Crippen LogP contribution in [0.2, 0.25) is 0 Å². The average molecular weight is 328 g/mol. The van der Waals surface area contributed by atoms with E-state index in [1.54, 1.807) is 0 Å². The van der Waals surface area contributed by atoms with Crippen molar-refractivity contribution >= 4 is 33.2 Å². The van der Waals surface area contributed by atoms with Crippen molar-refractivity contribution in [2.45, 2.75) is 6.42 Å². The molecule has 0 aliphatic carbocycles. The second kappa shape index (κ2) is 6.77. The molecule has 5 nitrogen and oxygen atoms in total. The molecule has 0 unspecified atom stereocenters. The van der Waals surface area contributed by atoms with Gasteiger partial charge in [0.2, 0.25) is 5.91 Å². The molecule has 0 aromatic heterocycles. The van der Waals surface area contributed by atoms with Crippen molar-refractivity contribution in [3.05, 3.63) is 22.7 Å². The first kappa shape index (κ1) is 14.1. The number of rotatable bonds is 4. The number of halogens is 1. The van der Waals surface area contributed by atoms with Crippen molar-refractivity contribution in [3.8, 4) is 0 Å². The molecule has 1 amide bonds. The monoisotopic (exact) mass is 327 g/mol. The Kier molecular flexibility index (Phi) is 5.04. The number of hydrogen-bond donors (Lipinski definition) is 2. The Hall–Kier alpha value is -1.27. The van der Waals surface area contributed by atoms with Crippen LogP contribution in [0.25, 0.3) is 0 Å². The highest BCUT2D eigenvalue weighted by atomic mass is 79.9. The van der Waals surface area contributed by atoms with Crippen LogP contribution in [0.4, 0.5) is 11.4 Å². The second-order valence-electron chi connectivity index (χ2n) is 4.40. The number of benzene rings is 1. The molecule has 1 heterocycles. The number of nitrogens with zero attached hydrogens (tertiary/aromatic N) is 1. The van der Waals surface area contributed by atoms with Crippen LogP contribution in [0, 0.1) is 0 Å². The minimum Gasteiger partial charge on any atom is -0.397 e. The molecule has 1 saturated heterocycles. The number of nitrogens with one attached hydrogen (secondary N) is 1. The maximum Gasteiger partial charge on any atom is 0.224 e. The quantitative estimate of drug-likeness (QED) is 0.826. The van der Waals surface area contributed by atoms with Crippen LogP contribution in [0.1, 0.15) is 6.42 Å². The zero-order valence-electron chi connectivity index (χ0n) is 10.7. The van der Waals surface area contributed by atoms with Crippen molar-refractivity contribution in [2.75, 3.05) is 43.9 Å². The third kappa shape index (κ3) is 4.11. The van der Waals surface area contributed by atoms with E-state index in [0.29, 0.717) is 45.0 Å². The Balaban J connectivity index is 1.79. The van der Waals surface area contributed by atoms with Crippen LogP contribution in [-0.4, -0.2) is 43.7 Å². The molecule has 19 heavy (non-hydrogen) atoms. The van der Waals surface area contributed by atoms with Crippen molar-refractivity contribution in [1.82, 2.24) is 4.90 Å². The molecule has 6 heteroatoms. The summed E-state index contributed by atoms with van der Waals surface area (Å²) in [5.74, 6) is 0.157. The van der Waals surface area contributed by atoms with Gasteiger partial charge in [-0.25, -0.2) is 0 Å². The Labute approximate surface area is 121 Å². The lowest BCUT2D eigenvalue weighted by molar-refractivity contribution is -0.134. The van der Waals surface area contributed by atoms with Gasteiger partial charge in [0.25, 0.3) is 0 Å². The van der Waals surface area contributed by atoms with E-state index >= 15 is 0 Å². The van der Waals surface area contributed by atoms with Crippen LogP contribution in [-0.2, 0) is 9.53 Å². The van der Waals surface area contributed by atoms with E-state index in [2.05, 4.69) is 21.2 Å². The van der Waals surface area contributed by atoms with Crippen molar-refractivity contribution in [3.63, 3.8) is 0 Å². The van der Waals surface area contributed by atoms with Gasteiger partial charge in [-0.3, -0.25) is 4.79 Å². The van der Waals surface area contributed by atoms with Gasteiger partial charge in [0.05, 0.1) is 24.6 Å². The molecular weight excluding hydrogens is 310 g/mol. The number of amides is 1. The maximum atomic E-state index is 11.9. The third-order valence-electron chi connectivity index (χ3n) is 3.03. The van der Waals surface area contributed by atoms with E-state index in [0.717, 1.165) is 10.2 Å². The van der Waals surface area contributed by atoms with E-state index < -0.39 is 0 Å². The smallest absolute Gasteiger partial charge is 0.224 e. The highest BCUT2D eigenvalue weighted by Crippen LogP contribution is 2.23. The molecule has 0 atom stereocenters. The number of carbonyl (C=O) groups is 1. The predicted molar refractivity (Wildman–Crippen MR) is 79.1 cm³/mol. The number of nitrogen functional groups attached to an aromatic ring is 1. The van der Waals surface area contributed by atoms with Gasteiger partial charge in [-0.05, 0) is 18.2 Å². The first-order chi connectivity index (χ1) is 9.16. The number of hydrogen-bond acceptors (Lipinski definition) is 4. The standard InChI is InChI=1S/C13H18BrN3O2/c14-10-1-2-11(15)12(9-10)16-4-3-13(18)17-5-7-19-8-6-17/h1-2,9,16H,3-8,15H2. The predicted octanol–water partition coefficient (Wildman–Crippen LogP) is 1.69. The van der Waals surface area contributed by atoms with Crippen LogP contribution in [0.15, 0.2) is 22.7 Å². The Morgan fingerprint density at radius 1 is 1.42 bits per heavy atom. The lowest BCUT2D eigenvalue weighted by Gasteiger charge is -2.27. The summed E-state index contributed by atoms with van der Waals surface area (Å²) in [6.45, 7) is 3.24. The summed E-state index contributed by atoms with van der Waals surface area (Å²) in [5, 5.41) is 3.19. The molecule has 1 aromatic rings. The summed E-state index contributed by atoms with van der Waals surface area (Å²) in [4.78, 5) is 13.8. The van der Waals surface area contributed by atoms with E-state index in [-0.39, 0.29) is 5.91 Å². The zero-order chi connectivity index (χ0) is 13.7. The largest absolute Gasteiger partial charge is 0.397 e. The molecule has 0 bridgehead atoms. The molecule has 1 aliphatic heterocycles. The normalized spacial score (nSPS) is 15.3. The fourth-order valence-corrected chi connectivity index (χ4v) is 2.32. The van der Waals surface area contributed by atoms with E-state index in [9.17, 15) is 4.79 Å². The second-order valence-corrected chi connectivity index (χ2v) is 5.32. The summed E-state index contributed by atoms with van der Waals surface area (Å²) < 4.78 is 6.18. The minimum absolute atomic E-state index is 0.157. The van der Waals surface area contributed by atoms with Crippen LogP contribution < -0.4 is 11.1 Å². The van der Waals surface area contributed by atoms with E-state index in [4.69, 9.17) is 10.5 Å². The molecule has 0 radical (unpaired) electrons. The Bertz CT molecular complexity index is 448. The van der Waals surface area contributed by atoms with Gasteiger partial charge in [-0.2, -0.15) is 0 Å². The summed E-state index contributed by atoms with van der Waals surface area (Å²) in [6, 6.07) is 5.63. The molecular formula is C13H18BrN3O2. The molecule has 1 aliphatic rings. The summed E-state index contributed by atoms with van der Waals surface area (Å²) >= 11 is 3.40. The lowest BCUT2D eigenvalue weighted by atomic mass is 10.2. The van der Waals surface area contributed by atoms with Crippen molar-refractivity contribution < 1.29 is 9.53 Å². The number of anilines is 2. The average Bonchev–Trinajstić information content (AvgIpc) is 2.43. The molecule has 3 N–H and O–H groups in total. The summed E-state index contributed by atoms with van der Waals surface area (Å²) in [7, 11) is 0. The van der Waals surface area contributed by atoms with Gasteiger partial charge in [0.1, 0.15) is 0 Å². The van der Waals surface area contributed by atoms with Gasteiger partial charge in [-0.1, -0.05) is 15.9 Å². The highest BCUT2D eigenvalue weighted by molar-refractivity contribution is 9.10. The number of ether oxygens (including phenoxy) is 1. The van der Waals surface area contributed by atoms with E-state index in [1.165, 1.54) is 0 Å². The zero-order valence-corrected chi connectivity index (χ0v) is 12.3. The van der Waals surface area contributed by atoms with Crippen molar-refractivity contribution in [2.24, 2.45) is 0 Å². The van der Waals surface area contributed by atoms with Crippen LogP contribution in [0.3, 0.4) is 0 Å². The molecule has 2 rings (SSSR count). The molecule has 1 aromatic carbocycles. The van der Waals surface area contributed by atoms with Gasteiger partial charge in [-0.15, -0.1) is 0 Å². The van der Waals surface area contributed by atoms with Crippen molar-refractivity contribution in [1.29, 1.82) is 0 Å². The molecule has 1 fully saturated rings. The van der Waals surface area contributed by atoms with Gasteiger partial charge in [0, 0.05) is 30.5 Å². The first-order valence-corrected chi connectivity index (χ1v) is 7.10. The lowest BCUT2D eigenvalue weighted by Crippen LogP contribution is -2.41. The summed E-state index contributed by atoms with van der Waals surface area (Å²) in [5.41, 5.74) is 7.39. The molecule has 0 spiro atoms. The Morgan fingerprint density at radius 3 is 2.89 bits per heavy atom. The van der Waals surface area contributed by atoms with Crippen LogP contribution in [0.5, 0.6) is 0 Å². The maximum absolute atomic E-state index is 11.9. The third-order valence-corrected chi connectivity index (χ3v) is 3.53. The van der Waals surface area contributed by atoms with Gasteiger partial charge < -0.3 is 20.7 Å². The highest BCUT2D eigenvalue weighted by Gasteiger charge is 2.16. The molecule has 0 saturated carbocycles. The first-order valence-electron chi connectivity index (χ1n) is 6.31. The number of morpholine rings is 1. The fraction of sp³-hybridized carbons (Fsp3) is 0.462. The number of carbonyl (C=O) groups excluding carboxylic acids is 1. The Morgan fingerprint density at radius 2 is 2.16 bits per heavy atom. The SMILES string of the molecule is Nc1ccc(Br)cc1NCCC(=O)N1CCOCC1. The topological polar surface area (TPSA) is 67.6 Å². The minimum atomic E-state index is 0.157. The number of nitrogens with two attached hydrogens (primary N) is 1. The molecule has 104 valence electrons. The van der Waals surface area contributed by atoms with E-state index in [1.807, 2.05) is 23.1 Å². The summed E-state index contributed by atoms with van der Waals surface area (Å²) in [6.07, 6.45) is 0.464. The fourth-order valence-electron chi connectivity index (χ4n) is 1.96. The van der Waals surface area contributed by atoms with Gasteiger partial charge in [0.15, 0.2) is 0 Å². The van der Waals surface area contributed by atoms with Gasteiger partial charge >= 0.3 is 0 Å².